The van der Waals surface area contributed by atoms with Gasteiger partial charge in [-0.25, -0.2) is 0 Å². The first-order valence-electron chi connectivity index (χ1n) is 5.71. The highest BCUT2D eigenvalue weighted by molar-refractivity contribution is 14.1. The molecule has 2 rings (SSSR count). The summed E-state index contributed by atoms with van der Waals surface area (Å²) >= 11 is 2.08. The molecule has 0 radical (unpaired) electrons. The van der Waals surface area contributed by atoms with Crippen molar-refractivity contribution >= 4 is 34.1 Å². The van der Waals surface area contributed by atoms with E-state index in [1.807, 2.05) is 12.1 Å². The third-order valence-electron chi connectivity index (χ3n) is 2.62. The Hall–Kier alpha value is -1.96. The summed E-state index contributed by atoms with van der Waals surface area (Å²) in [6, 6.07) is 11.4. The molecular formula is C14H10INO4. The zero-order chi connectivity index (χ0) is 14.7. The van der Waals surface area contributed by atoms with Crippen LogP contribution in [0.3, 0.4) is 0 Å². The van der Waals surface area contributed by atoms with Crippen LogP contribution in [-0.2, 0) is 0 Å². The van der Waals surface area contributed by atoms with Gasteiger partial charge in [-0.3, -0.25) is 14.9 Å². The highest BCUT2D eigenvalue weighted by Gasteiger charge is 2.18. The van der Waals surface area contributed by atoms with Crippen LogP contribution in [0.5, 0.6) is 11.5 Å². The zero-order valence-corrected chi connectivity index (χ0v) is 12.7. The van der Waals surface area contributed by atoms with E-state index < -0.39 is 4.92 Å². The summed E-state index contributed by atoms with van der Waals surface area (Å²) in [6.45, 7) is 1.36. The largest absolute Gasteiger partial charge is 0.449 e. The number of carbonyl (C=O) groups excluding carboxylic acids is 1. The molecule has 2 aromatic rings. The summed E-state index contributed by atoms with van der Waals surface area (Å²) in [4.78, 5) is 21.8. The molecule has 0 spiro atoms. The molecule has 0 atom stereocenters. The Balaban J connectivity index is 2.44. The minimum Gasteiger partial charge on any atom is -0.449 e. The lowest BCUT2D eigenvalue weighted by molar-refractivity contribution is -0.385. The highest BCUT2D eigenvalue weighted by Crippen LogP contribution is 2.34. The van der Waals surface area contributed by atoms with Crippen molar-refractivity contribution in [1.82, 2.24) is 0 Å². The van der Waals surface area contributed by atoms with Crippen molar-refractivity contribution < 1.29 is 14.5 Å². The average Bonchev–Trinajstić information content (AvgIpc) is 2.41. The van der Waals surface area contributed by atoms with Gasteiger partial charge in [-0.15, -0.1) is 0 Å². The summed E-state index contributed by atoms with van der Waals surface area (Å²) in [7, 11) is 0. The van der Waals surface area contributed by atoms with E-state index in [2.05, 4.69) is 22.6 Å². The molecule has 2 aromatic carbocycles. The fraction of sp³-hybridized carbons (Fsp3) is 0.0714. The molecule has 0 saturated heterocycles. The van der Waals surface area contributed by atoms with E-state index in [1.165, 1.54) is 25.1 Å². The molecule has 0 saturated carbocycles. The SMILES string of the molecule is CC(=O)c1ccc(Oc2ccccc2I)c([N+](=O)[O-])c1. The first kappa shape index (κ1) is 14.4. The van der Waals surface area contributed by atoms with Crippen LogP contribution in [0.2, 0.25) is 0 Å². The molecule has 0 aliphatic heterocycles. The molecule has 0 bridgehead atoms. The summed E-state index contributed by atoms with van der Waals surface area (Å²) < 4.78 is 6.42. The number of rotatable bonds is 4. The Bertz CT molecular complexity index is 685. The molecule has 6 heteroatoms. The van der Waals surface area contributed by atoms with Gasteiger partial charge in [0.15, 0.2) is 5.78 Å². The summed E-state index contributed by atoms with van der Waals surface area (Å²) in [5.41, 5.74) is 0.0594. The van der Waals surface area contributed by atoms with Gasteiger partial charge in [0.25, 0.3) is 0 Å². The Morgan fingerprint density at radius 2 is 1.90 bits per heavy atom. The van der Waals surface area contributed by atoms with Gasteiger partial charge in [-0.05, 0) is 53.8 Å². The van der Waals surface area contributed by atoms with E-state index in [0.717, 1.165) is 3.57 Å². The van der Waals surface area contributed by atoms with E-state index in [1.54, 1.807) is 12.1 Å². The van der Waals surface area contributed by atoms with Crippen molar-refractivity contribution in [3.05, 3.63) is 61.7 Å². The standard InChI is InChI=1S/C14H10INO4/c1-9(17)10-6-7-14(12(8-10)16(18)19)20-13-5-3-2-4-11(13)15/h2-8H,1H3. The van der Waals surface area contributed by atoms with Gasteiger partial charge in [0.2, 0.25) is 5.75 Å². The van der Waals surface area contributed by atoms with Gasteiger partial charge in [0, 0.05) is 11.6 Å². The Morgan fingerprint density at radius 1 is 1.20 bits per heavy atom. The van der Waals surface area contributed by atoms with Crippen LogP contribution < -0.4 is 4.74 Å². The minimum atomic E-state index is -0.558. The monoisotopic (exact) mass is 383 g/mol. The molecule has 0 heterocycles. The molecular weight excluding hydrogens is 373 g/mol. The number of hydrogen-bond acceptors (Lipinski definition) is 4. The van der Waals surface area contributed by atoms with Crippen LogP contribution in [0.1, 0.15) is 17.3 Å². The van der Waals surface area contributed by atoms with Crippen molar-refractivity contribution in [2.24, 2.45) is 0 Å². The average molecular weight is 383 g/mol. The quantitative estimate of drug-likeness (QED) is 0.344. The predicted molar refractivity (Wildman–Crippen MR) is 82.3 cm³/mol. The molecule has 0 fully saturated rings. The molecule has 0 aliphatic carbocycles. The van der Waals surface area contributed by atoms with Gasteiger partial charge in [0.1, 0.15) is 5.75 Å². The molecule has 0 aliphatic rings. The number of hydrogen-bond donors (Lipinski definition) is 0. The smallest absolute Gasteiger partial charge is 0.312 e. The summed E-state index contributed by atoms with van der Waals surface area (Å²) in [5, 5.41) is 11.1. The minimum absolute atomic E-state index is 0.115. The third-order valence-corrected chi connectivity index (χ3v) is 3.51. The number of halogens is 1. The highest BCUT2D eigenvalue weighted by atomic mass is 127. The lowest BCUT2D eigenvalue weighted by Gasteiger charge is -2.08. The number of nitro groups is 1. The first-order valence-corrected chi connectivity index (χ1v) is 6.78. The maximum Gasteiger partial charge on any atom is 0.312 e. The Morgan fingerprint density at radius 3 is 2.50 bits per heavy atom. The molecule has 20 heavy (non-hydrogen) atoms. The fourth-order valence-corrected chi connectivity index (χ4v) is 2.11. The maximum absolute atomic E-state index is 11.3. The fourth-order valence-electron chi connectivity index (χ4n) is 1.61. The second-order valence-corrected chi connectivity index (χ2v) is 5.19. The van der Waals surface area contributed by atoms with Crippen molar-refractivity contribution in [3.63, 3.8) is 0 Å². The number of nitro benzene ring substituents is 1. The second kappa shape index (κ2) is 6.00. The molecule has 0 unspecified atom stereocenters. The summed E-state index contributed by atoms with van der Waals surface area (Å²) in [5.74, 6) is 0.421. The van der Waals surface area contributed by atoms with Crippen LogP contribution in [0.4, 0.5) is 5.69 Å². The third kappa shape index (κ3) is 3.13. The lowest BCUT2D eigenvalue weighted by Crippen LogP contribution is -1.98. The van der Waals surface area contributed by atoms with Gasteiger partial charge in [-0.1, -0.05) is 12.1 Å². The van der Waals surface area contributed by atoms with E-state index in [4.69, 9.17) is 4.74 Å². The molecule has 0 amide bonds. The van der Waals surface area contributed by atoms with Crippen LogP contribution in [-0.4, -0.2) is 10.7 Å². The normalized spacial score (nSPS) is 10.1. The van der Waals surface area contributed by atoms with E-state index in [9.17, 15) is 14.9 Å². The van der Waals surface area contributed by atoms with Crippen molar-refractivity contribution in [2.45, 2.75) is 6.92 Å². The van der Waals surface area contributed by atoms with Crippen LogP contribution in [0.25, 0.3) is 0 Å². The number of Topliss-reactive ketones (excluding diaryl/α,β-unsaturated/α-hetero) is 1. The number of nitrogens with zero attached hydrogens (tertiary/aromatic N) is 1. The lowest BCUT2D eigenvalue weighted by atomic mass is 10.1. The molecule has 0 N–H and O–H groups in total. The second-order valence-electron chi connectivity index (χ2n) is 4.03. The number of ether oxygens (including phenoxy) is 1. The van der Waals surface area contributed by atoms with Crippen molar-refractivity contribution in [2.75, 3.05) is 0 Å². The molecule has 5 nitrogen and oxygen atoms in total. The number of ketones is 1. The maximum atomic E-state index is 11.3. The van der Waals surface area contributed by atoms with E-state index in [-0.39, 0.29) is 22.8 Å². The van der Waals surface area contributed by atoms with Gasteiger partial charge < -0.3 is 4.74 Å². The zero-order valence-electron chi connectivity index (χ0n) is 10.5. The van der Waals surface area contributed by atoms with Crippen molar-refractivity contribution in [3.8, 4) is 11.5 Å². The molecule has 102 valence electrons. The topological polar surface area (TPSA) is 69.4 Å². The van der Waals surface area contributed by atoms with Crippen LogP contribution >= 0.6 is 22.6 Å². The molecule has 0 aromatic heterocycles. The van der Waals surface area contributed by atoms with Crippen LogP contribution in [0.15, 0.2) is 42.5 Å². The Kier molecular flexibility index (Phi) is 4.33. The summed E-state index contributed by atoms with van der Waals surface area (Å²) in [6.07, 6.45) is 0. The Labute approximate surface area is 128 Å². The number of benzene rings is 2. The number of para-hydroxylation sites is 1. The van der Waals surface area contributed by atoms with Gasteiger partial charge in [-0.2, -0.15) is 0 Å². The van der Waals surface area contributed by atoms with E-state index in [0.29, 0.717) is 5.75 Å². The predicted octanol–water partition coefficient (Wildman–Crippen LogP) is 4.19. The van der Waals surface area contributed by atoms with Gasteiger partial charge in [0.05, 0.1) is 8.49 Å². The van der Waals surface area contributed by atoms with Crippen LogP contribution in [0, 0.1) is 13.7 Å². The van der Waals surface area contributed by atoms with E-state index >= 15 is 0 Å². The number of carbonyl (C=O) groups is 1. The first-order chi connectivity index (χ1) is 9.49. The van der Waals surface area contributed by atoms with Gasteiger partial charge >= 0.3 is 5.69 Å². The van der Waals surface area contributed by atoms with Crippen molar-refractivity contribution in [1.29, 1.82) is 0 Å².